The van der Waals surface area contributed by atoms with Gasteiger partial charge in [0.25, 0.3) is 0 Å². The quantitative estimate of drug-likeness (QED) is 0.481. The first-order chi connectivity index (χ1) is 13.1. The maximum absolute atomic E-state index is 13.6. The van der Waals surface area contributed by atoms with Crippen molar-refractivity contribution in [2.24, 2.45) is 5.10 Å². The maximum Gasteiger partial charge on any atom is 0.247 e. The number of nitrogens with one attached hydrogen (secondary N) is 1. The van der Waals surface area contributed by atoms with Gasteiger partial charge in [-0.05, 0) is 35.9 Å². The van der Waals surface area contributed by atoms with Crippen molar-refractivity contribution in [3.05, 3.63) is 70.5 Å². The van der Waals surface area contributed by atoms with Gasteiger partial charge in [0.15, 0.2) is 0 Å². The van der Waals surface area contributed by atoms with Gasteiger partial charge >= 0.3 is 0 Å². The lowest BCUT2D eigenvalue weighted by Crippen LogP contribution is -2.19. The summed E-state index contributed by atoms with van der Waals surface area (Å²) in [6, 6.07) is 13.5. The summed E-state index contributed by atoms with van der Waals surface area (Å²) in [5.74, 6) is -0.00579. The molecular weight excluding hydrogens is 369 g/mol. The molecule has 138 valence electrons. The Morgan fingerprint density at radius 2 is 2.00 bits per heavy atom. The number of carbonyl (C=O) groups is 1. The molecule has 27 heavy (non-hydrogen) atoms. The molecule has 0 saturated heterocycles. The van der Waals surface area contributed by atoms with E-state index in [4.69, 9.17) is 10.5 Å². The molecule has 7 nitrogen and oxygen atoms in total. The number of benzene rings is 2. The molecule has 9 heteroatoms. The van der Waals surface area contributed by atoms with Crippen LogP contribution in [0.1, 0.15) is 16.1 Å². The zero-order valence-electron chi connectivity index (χ0n) is 14.1. The molecule has 0 bridgehead atoms. The molecule has 0 radical (unpaired) electrons. The summed E-state index contributed by atoms with van der Waals surface area (Å²) < 4.78 is 19.1. The molecule has 0 spiro atoms. The van der Waals surface area contributed by atoms with Crippen molar-refractivity contribution < 1.29 is 13.9 Å². The second kappa shape index (κ2) is 8.86. The lowest BCUT2D eigenvalue weighted by Gasteiger charge is -2.07. The summed E-state index contributed by atoms with van der Waals surface area (Å²) in [7, 11) is 0. The fourth-order valence-corrected chi connectivity index (χ4v) is 2.73. The van der Waals surface area contributed by atoms with Crippen LogP contribution in [0.3, 0.4) is 0 Å². The number of anilines is 1. The lowest BCUT2D eigenvalue weighted by atomic mass is 10.2. The minimum Gasteiger partial charge on any atom is -0.489 e. The zero-order chi connectivity index (χ0) is 19.1. The van der Waals surface area contributed by atoms with E-state index in [1.54, 1.807) is 42.5 Å². The fourth-order valence-electron chi connectivity index (χ4n) is 2.12. The fraction of sp³-hybridized carbons (Fsp3) is 0.111. The zero-order valence-corrected chi connectivity index (χ0v) is 14.9. The van der Waals surface area contributed by atoms with E-state index in [0.29, 0.717) is 21.5 Å². The minimum absolute atomic E-state index is 0.0645. The van der Waals surface area contributed by atoms with Gasteiger partial charge in [-0.15, -0.1) is 10.2 Å². The van der Waals surface area contributed by atoms with Crippen LogP contribution in [-0.2, 0) is 17.8 Å². The predicted molar refractivity (Wildman–Crippen MR) is 101 cm³/mol. The van der Waals surface area contributed by atoms with Crippen molar-refractivity contribution in [3.63, 3.8) is 0 Å². The molecule has 1 heterocycles. The van der Waals surface area contributed by atoms with Crippen LogP contribution in [0.5, 0.6) is 5.75 Å². The van der Waals surface area contributed by atoms with E-state index < -0.39 is 0 Å². The molecule has 0 aliphatic carbocycles. The number of halogens is 1. The number of rotatable bonds is 7. The van der Waals surface area contributed by atoms with E-state index in [9.17, 15) is 9.18 Å². The van der Waals surface area contributed by atoms with Crippen LogP contribution in [0.15, 0.2) is 53.6 Å². The molecule has 0 saturated carbocycles. The van der Waals surface area contributed by atoms with Gasteiger partial charge < -0.3 is 10.5 Å². The molecule has 1 amide bonds. The second-order valence-corrected chi connectivity index (χ2v) is 6.55. The standard InChI is InChI=1S/C18H16FN5O2S/c19-15-4-2-1-3-13(15)11-26-14-7-5-12(6-8-14)10-21-22-16(25)9-17-23-24-18(20)27-17/h1-8,10H,9,11H2,(H2,20,24)(H,22,25)/b21-10-. The van der Waals surface area contributed by atoms with Crippen LogP contribution in [0.2, 0.25) is 0 Å². The Morgan fingerprint density at radius 1 is 1.22 bits per heavy atom. The summed E-state index contributed by atoms with van der Waals surface area (Å²) >= 11 is 1.16. The van der Waals surface area contributed by atoms with Crippen molar-refractivity contribution in [1.29, 1.82) is 0 Å². The van der Waals surface area contributed by atoms with Crippen LogP contribution in [0, 0.1) is 5.82 Å². The van der Waals surface area contributed by atoms with Gasteiger partial charge in [0, 0.05) is 5.56 Å². The third-order valence-corrected chi connectivity index (χ3v) is 4.18. The van der Waals surface area contributed by atoms with Crippen LogP contribution in [0.25, 0.3) is 0 Å². The van der Waals surface area contributed by atoms with Crippen LogP contribution in [0.4, 0.5) is 9.52 Å². The van der Waals surface area contributed by atoms with Crippen LogP contribution < -0.4 is 15.9 Å². The van der Waals surface area contributed by atoms with Gasteiger partial charge in [-0.25, -0.2) is 9.82 Å². The van der Waals surface area contributed by atoms with Gasteiger partial charge in [-0.2, -0.15) is 5.10 Å². The Balaban J connectivity index is 1.47. The van der Waals surface area contributed by atoms with Crippen LogP contribution >= 0.6 is 11.3 Å². The van der Waals surface area contributed by atoms with E-state index in [2.05, 4.69) is 20.7 Å². The monoisotopic (exact) mass is 385 g/mol. The molecule has 0 atom stereocenters. The van der Waals surface area contributed by atoms with Gasteiger partial charge in [-0.3, -0.25) is 4.79 Å². The van der Waals surface area contributed by atoms with E-state index in [1.807, 2.05) is 0 Å². The van der Waals surface area contributed by atoms with Gasteiger partial charge in [0.05, 0.1) is 12.6 Å². The number of carbonyl (C=O) groups excluding carboxylic acids is 1. The highest BCUT2D eigenvalue weighted by atomic mass is 32.1. The predicted octanol–water partition coefficient (Wildman–Crippen LogP) is 2.53. The first-order valence-corrected chi connectivity index (χ1v) is 8.78. The molecule has 3 aromatic rings. The SMILES string of the molecule is Nc1nnc(CC(=O)N/N=C\c2ccc(OCc3ccccc3F)cc2)s1. The number of amides is 1. The van der Waals surface area contributed by atoms with Crippen molar-refractivity contribution >= 4 is 28.6 Å². The number of hydrogen-bond donors (Lipinski definition) is 2. The van der Waals surface area contributed by atoms with Gasteiger partial charge in [-0.1, -0.05) is 29.5 Å². The second-order valence-electron chi connectivity index (χ2n) is 5.45. The Kier molecular flexibility index (Phi) is 6.06. The summed E-state index contributed by atoms with van der Waals surface area (Å²) in [4.78, 5) is 11.7. The Morgan fingerprint density at radius 3 is 2.70 bits per heavy atom. The first-order valence-electron chi connectivity index (χ1n) is 7.96. The summed E-state index contributed by atoms with van der Waals surface area (Å²) in [5, 5.41) is 12.1. The molecular formula is C18H16FN5O2S. The number of nitrogen functional groups attached to an aromatic ring is 1. The van der Waals surface area contributed by atoms with Crippen molar-refractivity contribution in [2.75, 3.05) is 5.73 Å². The van der Waals surface area contributed by atoms with Gasteiger partial charge in [0.2, 0.25) is 11.0 Å². The number of nitrogens with two attached hydrogens (primary N) is 1. The number of hydrogen-bond acceptors (Lipinski definition) is 7. The molecule has 3 N–H and O–H groups in total. The Hall–Kier alpha value is -3.33. The van der Waals surface area contributed by atoms with Gasteiger partial charge in [0.1, 0.15) is 23.2 Å². The van der Waals surface area contributed by atoms with Crippen molar-refractivity contribution in [3.8, 4) is 5.75 Å². The minimum atomic E-state index is -0.313. The largest absolute Gasteiger partial charge is 0.489 e. The third-order valence-electron chi connectivity index (χ3n) is 3.43. The number of aromatic nitrogens is 2. The van der Waals surface area contributed by atoms with Crippen molar-refractivity contribution in [2.45, 2.75) is 13.0 Å². The van der Waals surface area contributed by atoms with Crippen LogP contribution in [-0.4, -0.2) is 22.3 Å². The normalized spacial score (nSPS) is 10.9. The molecule has 2 aromatic carbocycles. The molecule has 0 aliphatic heterocycles. The molecule has 0 unspecified atom stereocenters. The lowest BCUT2D eigenvalue weighted by molar-refractivity contribution is -0.120. The van der Waals surface area contributed by atoms with E-state index in [1.165, 1.54) is 12.3 Å². The van der Waals surface area contributed by atoms with E-state index in [-0.39, 0.29) is 24.8 Å². The topological polar surface area (TPSA) is 102 Å². The van der Waals surface area contributed by atoms with E-state index in [0.717, 1.165) is 16.9 Å². The maximum atomic E-state index is 13.6. The molecule has 0 aliphatic rings. The first kappa shape index (κ1) is 18.5. The Labute approximate surface area is 158 Å². The number of ether oxygens (including phenoxy) is 1. The number of nitrogens with zero attached hydrogens (tertiary/aromatic N) is 3. The highest BCUT2D eigenvalue weighted by Gasteiger charge is 2.07. The Bertz CT molecular complexity index is 943. The summed E-state index contributed by atoms with van der Waals surface area (Å²) in [6.45, 7) is 0.145. The smallest absolute Gasteiger partial charge is 0.247 e. The summed E-state index contributed by atoms with van der Waals surface area (Å²) in [5.41, 5.74) is 9.13. The highest BCUT2D eigenvalue weighted by Crippen LogP contribution is 2.15. The average Bonchev–Trinajstić information content (AvgIpc) is 3.07. The molecule has 1 aromatic heterocycles. The average molecular weight is 385 g/mol. The third kappa shape index (κ3) is 5.58. The summed E-state index contributed by atoms with van der Waals surface area (Å²) in [6.07, 6.45) is 1.57. The molecule has 0 fully saturated rings. The van der Waals surface area contributed by atoms with Crippen molar-refractivity contribution in [1.82, 2.24) is 15.6 Å². The molecule has 3 rings (SSSR count). The van der Waals surface area contributed by atoms with E-state index >= 15 is 0 Å². The highest BCUT2D eigenvalue weighted by molar-refractivity contribution is 7.15. The number of hydrazone groups is 1.